The van der Waals surface area contributed by atoms with Gasteiger partial charge in [-0.15, -0.1) is 0 Å². The Morgan fingerprint density at radius 1 is 0.971 bits per heavy atom. The number of para-hydroxylation sites is 2. The van der Waals surface area contributed by atoms with Crippen LogP contribution >= 0.6 is 0 Å². The van der Waals surface area contributed by atoms with Gasteiger partial charge in [0.1, 0.15) is 11.6 Å². The van der Waals surface area contributed by atoms with Gasteiger partial charge in [0.05, 0.1) is 16.4 Å². The van der Waals surface area contributed by atoms with Crippen LogP contribution in [-0.2, 0) is 11.3 Å². The summed E-state index contributed by atoms with van der Waals surface area (Å²) in [5.41, 5.74) is 6.33. The monoisotopic (exact) mass is 460 g/mol. The van der Waals surface area contributed by atoms with Gasteiger partial charge in [-0.1, -0.05) is 42.5 Å². The number of benzene rings is 3. The molecule has 0 spiro atoms. The quantitative estimate of drug-likeness (QED) is 0.336. The van der Waals surface area contributed by atoms with Crippen LogP contribution in [-0.4, -0.2) is 33.4 Å². The number of nitrogens with one attached hydrogen (secondary N) is 2. The van der Waals surface area contributed by atoms with E-state index in [1.165, 1.54) is 16.5 Å². The standard InChI is InChI=1S/C30H28N4O/c35-28(21-7-8-21)30(14-16-31-18-30)19-34-27-4-2-1-3-26(27)33-29(34)22-9-5-20(6-10-22)23-11-12-25-24(17-23)13-15-32-25/h1-6,9-13,15,17,21,31-32H,7-8,14,16,18-19H2/t30-/m0/s1. The third-order valence-electron chi connectivity index (χ3n) is 7.86. The lowest BCUT2D eigenvalue weighted by Gasteiger charge is -2.28. The number of Topliss-reactive ketones (excluding diaryl/α,β-unsaturated/α-hetero) is 1. The molecule has 5 nitrogen and oxygen atoms in total. The highest BCUT2D eigenvalue weighted by atomic mass is 16.1. The number of ketones is 1. The first-order valence-electron chi connectivity index (χ1n) is 12.6. The molecular formula is C30H28N4O. The van der Waals surface area contributed by atoms with Gasteiger partial charge in [-0.25, -0.2) is 4.98 Å². The van der Waals surface area contributed by atoms with E-state index < -0.39 is 0 Å². The van der Waals surface area contributed by atoms with Crippen LogP contribution < -0.4 is 5.32 Å². The van der Waals surface area contributed by atoms with Gasteiger partial charge in [0, 0.05) is 36.3 Å². The van der Waals surface area contributed by atoms with Gasteiger partial charge in [-0.3, -0.25) is 4.79 Å². The molecule has 35 heavy (non-hydrogen) atoms. The van der Waals surface area contributed by atoms with Gasteiger partial charge < -0.3 is 14.9 Å². The fraction of sp³-hybridized carbons (Fsp3) is 0.267. The van der Waals surface area contributed by atoms with Crippen molar-refractivity contribution >= 4 is 27.7 Å². The molecule has 1 saturated carbocycles. The number of aromatic nitrogens is 3. The summed E-state index contributed by atoms with van der Waals surface area (Å²) in [5.74, 6) is 1.64. The molecule has 1 saturated heterocycles. The summed E-state index contributed by atoms with van der Waals surface area (Å²) in [7, 11) is 0. The predicted molar refractivity (Wildman–Crippen MR) is 140 cm³/mol. The molecule has 5 heteroatoms. The predicted octanol–water partition coefficient (Wildman–Crippen LogP) is 5.81. The van der Waals surface area contributed by atoms with Crippen molar-refractivity contribution in [1.82, 2.24) is 19.9 Å². The second-order valence-electron chi connectivity index (χ2n) is 10.2. The van der Waals surface area contributed by atoms with Crippen molar-refractivity contribution in [3.8, 4) is 22.5 Å². The first kappa shape index (κ1) is 20.7. The third-order valence-corrected chi connectivity index (χ3v) is 7.86. The van der Waals surface area contributed by atoms with Crippen molar-refractivity contribution in [1.29, 1.82) is 0 Å². The van der Waals surface area contributed by atoms with Gasteiger partial charge in [-0.2, -0.15) is 0 Å². The second kappa shape index (κ2) is 7.92. The van der Waals surface area contributed by atoms with E-state index in [4.69, 9.17) is 4.98 Å². The zero-order valence-corrected chi connectivity index (χ0v) is 19.6. The molecule has 1 atom stereocenters. The number of hydrogen-bond acceptors (Lipinski definition) is 3. The number of H-pyrrole nitrogens is 1. The lowest BCUT2D eigenvalue weighted by atomic mass is 9.80. The average molecular weight is 461 g/mol. The van der Waals surface area contributed by atoms with E-state index >= 15 is 0 Å². The highest BCUT2D eigenvalue weighted by Gasteiger charge is 2.48. The second-order valence-corrected chi connectivity index (χ2v) is 10.2. The molecule has 3 heterocycles. The number of rotatable bonds is 6. The summed E-state index contributed by atoms with van der Waals surface area (Å²) in [6, 6.07) is 25.6. The van der Waals surface area contributed by atoms with E-state index in [0.717, 1.165) is 60.3 Å². The van der Waals surface area contributed by atoms with Crippen LogP contribution in [0.2, 0.25) is 0 Å². The molecule has 174 valence electrons. The summed E-state index contributed by atoms with van der Waals surface area (Å²) < 4.78 is 2.30. The van der Waals surface area contributed by atoms with E-state index in [-0.39, 0.29) is 11.3 Å². The number of fused-ring (bicyclic) bond motifs is 2. The normalized spacial score (nSPS) is 20.1. The zero-order valence-electron chi connectivity index (χ0n) is 19.6. The van der Waals surface area contributed by atoms with E-state index in [9.17, 15) is 4.79 Å². The number of carbonyl (C=O) groups is 1. The Hall–Kier alpha value is -3.70. The van der Waals surface area contributed by atoms with Crippen LogP contribution in [0.5, 0.6) is 0 Å². The summed E-state index contributed by atoms with van der Waals surface area (Å²) in [6.07, 6.45) is 4.97. The SMILES string of the molecule is O=C(C1CC1)[C@@]1(Cn2c(-c3ccc(-c4ccc5[nH]ccc5c4)cc3)nc3ccccc32)CCNC1. The molecule has 2 aliphatic rings. The number of aromatic amines is 1. The minimum atomic E-state index is -0.342. The highest BCUT2D eigenvalue weighted by molar-refractivity contribution is 5.90. The average Bonchev–Trinajstić information content (AvgIpc) is 3.29. The molecule has 3 aromatic carbocycles. The topological polar surface area (TPSA) is 62.7 Å². The first-order valence-corrected chi connectivity index (χ1v) is 12.6. The number of imidazole rings is 1. The molecule has 5 aromatic rings. The van der Waals surface area contributed by atoms with Crippen LogP contribution in [0.15, 0.2) is 79.0 Å². The Morgan fingerprint density at radius 3 is 2.57 bits per heavy atom. The van der Waals surface area contributed by atoms with Crippen LogP contribution in [0.4, 0.5) is 0 Å². The molecule has 0 radical (unpaired) electrons. The van der Waals surface area contributed by atoms with Gasteiger partial charge in [-0.05, 0) is 72.7 Å². The molecule has 0 amide bonds. The Morgan fingerprint density at radius 2 is 1.77 bits per heavy atom. The fourth-order valence-electron chi connectivity index (χ4n) is 5.75. The lowest BCUT2D eigenvalue weighted by molar-refractivity contribution is -0.129. The molecule has 1 aliphatic carbocycles. The summed E-state index contributed by atoms with van der Waals surface area (Å²) in [5, 5.41) is 4.69. The van der Waals surface area contributed by atoms with Crippen molar-refractivity contribution in [3.05, 3.63) is 79.0 Å². The molecule has 2 aromatic heterocycles. The molecule has 7 rings (SSSR count). The number of hydrogen-bond donors (Lipinski definition) is 2. The summed E-state index contributed by atoms with van der Waals surface area (Å²) >= 11 is 0. The number of nitrogens with zero attached hydrogens (tertiary/aromatic N) is 2. The van der Waals surface area contributed by atoms with Gasteiger partial charge in [0.2, 0.25) is 0 Å². The van der Waals surface area contributed by atoms with E-state index in [0.29, 0.717) is 12.3 Å². The van der Waals surface area contributed by atoms with Gasteiger partial charge in [0.15, 0.2) is 0 Å². The van der Waals surface area contributed by atoms with Crippen LogP contribution in [0, 0.1) is 11.3 Å². The van der Waals surface area contributed by atoms with Crippen molar-refractivity contribution in [3.63, 3.8) is 0 Å². The highest BCUT2D eigenvalue weighted by Crippen LogP contribution is 2.42. The first-order chi connectivity index (χ1) is 17.2. The maximum Gasteiger partial charge on any atom is 0.145 e. The Kier molecular flexibility index (Phi) is 4.68. The van der Waals surface area contributed by atoms with Gasteiger partial charge in [0.25, 0.3) is 0 Å². The molecule has 0 bridgehead atoms. The van der Waals surface area contributed by atoms with Crippen LogP contribution in [0.25, 0.3) is 44.5 Å². The maximum absolute atomic E-state index is 13.4. The summed E-state index contributed by atoms with van der Waals surface area (Å²) in [4.78, 5) is 21.7. The third kappa shape index (κ3) is 3.50. The lowest BCUT2D eigenvalue weighted by Crippen LogP contribution is -2.39. The molecule has 2 N–H and O–H groups in total. The van der Waals surface area contributed by atoms with Crippen molar-refractivity contribution in [2.75, 3.05) is 13.1 Å². The van der Waals surface area contributed by atoms with Gasteiger partial charge >= 0.3 is 0 Å². The van der Waals surface area contributed by atoms with E-state index in [1.807, 2.05) is 12.3 Å². The number of carbonyl (C=O) groups excluding carboxylic acids is 1. The minimum Gasteiger partial charge on any atom is -0.361 e. The zero-order chi connectivity index (χ0) is 23.4. The largest absolute Gasteiger partial charge is 0.361 e. The molecular weight excluding hydrogens is 432 g/mol. The van der Waals surface area contributed by atoms with Crippen LogP contribution in [0.1, 0.15) is 19.3 Å². The Bertz CT molecular complexity index is 1550. The Balaban J connectivity index is 1.29. The van der Waals surface area contributed by atoms with Crippen molar-refractivity contribution in [2.24, 2.45) is 11.3 Å². The van der Waals surface area contributed by atoms with Crippen LogP contribution in [0.3, 0.4) is 0 Å². The summed E-state index contributed by atoms with van der Waals surface area (Å²) in [6.45, 7) is 2.34. The minimum absolute atomic E-state index is 0.254. The van der Waals surface area contributed by atoms with Crippen molar-refractivity contribution < 1.29 is 4.79 Å². The van der Waals surface area contributed by atoms with E-state index in [1.54, 1.807) is 0 Å². The molecule has 1 aliphatic heterocycles. The Labute approximate surface area is 204 Å². The van der Waals surface area contributed by atoms with Crippen molar-refractivity contribution in [2.45, 2.75) is 25.8 Å². The molecule has 0 unspecified atom stereocenters. The smallest absolute Gasteiger partial charge is 0.145 e. The maximum atomic E-state index is 13.4. The fourth-order valence-corrected chi connectivity index (χ4v) is 5.75. The molecule has 2 fully saturated rings. The van der Waals surface area contributed by atoms with E-state index in [2.05, 4.69) is 81.6 Å².